The van der Waals surface area contributed by atoms with Crippen LogP contribution in [0.3, 0.4) is 0 Å². The average molecular weight is 347 g/mol. The van der Waals surface area contributed by atoms with Crippen molar-refractivity contribution in [1.29, 1.82) is 0 Å². The Morgan fingerprint density at radius 3 is 2.31 bits per heavy atom. The summed E-state index contributed by atoms with van der Waals surface area (Å²) in [6.07, 6.45) is 9.10. The van der Waals surface area contributed by atoms with Crippen molar-refractivity contribution in [2.45, 2.75) is 71.6 Å². The maximum Gasteiger partial charge on any atom is -0.0162 e. The molecule has 0 nitrogen and oxygen atoms in total. The van der Waals surface area contributed by atoms with E-state index in [4.69, 9.17) is 0 Å². The van der Waals surface area contributed by atoms with Gasteiger partial charge in [-0.1, -0.05) is 93.3 Å². The second-order valence-electron chi connectivity index (χ2n) is 8.48. The van der Waals surface area contributed by atoms with E-state index in [1.165, 1.54) is 59.9 Å². The summed E-state index contributed by atoms with van der Waals surface area (Å²) in [7, 11) is 0. The molecule has 0 heteroatoms. The van der Waals surface area contributed by atoms with Crippen LogP contribution in [0.25, 0.3) is 11.1 Å². The number of aryl methyl sites for hydroxylation is 2. The molecule has 0 spiro atoms. The Balaban J connectivity index is 1.90. The molecule has 0 atom stereocenters. The molecule has 2 aromatic rings. The highest BCUT2D eigenvalue weighted by Crippen LogP contribution is 2.35. The van der Waals surface area contributed by atoms with Crippen molar-refractivity contribution in [3.8, 4) is 11.1 Å². The highest BCUT2D eigenvalue weighted by atomic mass is 14.2. The molecule has 0 heterocycles. The van der Waals surface area contributed by atoms with Crippen molar-refractivity contribution < 1.29 is 0 Å². The lowest BCUT2D eigenvalue weighted by Crippen LogP contribution is -2.05. The van der Waals surface area contributed by atoms with Crippen molar-refractivity contribution in [2.75, 3.05) is 0 Å². The number of benzene rings is 2. The fraction of sp³-hybridized carbons (Fsp3) is 0.462. The molecule has 0 unspecified atom stereocenters. The van der Waals surface area contributed by atoms with Gasteiger partial charge in [0.05, 0.1) is 0 Å². The standard InChI is InChI=1S/C26H34/c1-19(2)21(4)12-13-22-16-25(23-8-6-5-7-9-23)18-26(17-22)24-14-10-20(3)11-15-24/h10-11,14-19,23H,4-9,12-13H2,1-3H3. The van der Waals surface area contributed by atoms with Gasteiger partial charge in [0, 0.05) is 0 Å². The quantitative estimate of drug-likeness (QED) is 0.467. The lowest BCUT2D eigenvalue weighted by Gasteiger charge is -2.23. The highest BCUT2D eigenvalue weighted by molar-refractivity contribution is 5.66. The maximum absolute atomic E-state index is 4.27. The van der Waals surface area contributed by atoms with E-state index in [0.29, 0.717) is 5.92 Å². The number of rotatable bonds is 6. The third kappa shape index (κ3) is 4.87. The van der Waals surface area contributed by atoms with Crippen LogP contribution in [0.2, 0.25) is 0 Å². The first-order valence-electron chi connectivity index (χ1n) is 10.4. The van der Waals surface area contributed by atoms with Crippen LogP contribution < -0.4 is 0 Å². The van der Waals surface area contributed by atoms with Gasteiger partial charge in [0.25, 0.3) is 0 Å². The normalized spacial score (nSPS) is 15.4. The lowest BCUT2D eigenvalue weighted by molar-refractivity contribution is 0.443. The molecule has 138 valence electrons. The van der Waals surface area contributed by atoms with Crippen molar-refractivity contribution in [3.63, 3.8) is 0 Å². The predicted octanol–water partition coefficient (Wildman–Crippen LogP) is 7.85. The summed E-state index contributed by atoms with van der Waals surface area (Å²) in [6.45, 7) is 10.9. The van der Waals surface area contributed by atoms with Crippen LogP contribution in [0.1, 0.15) is 75.0 Å². The molecule has 0 aromatic heterocycles. The Hall–Kier alpha value is -1.82. The first-order valence-corrected chi connectivity index (χ1v) is 10.4. The number of hydrogen-bond donors (Lipinski definition) is 0. The molecule has 1 saturated carbocycles. The molecule has 2 aromatic carbocycles. The van der Waals surface area contributed by atoms with Crippen LogP contribution in [0.5, 0.6) is 0 Å². The Kier molecular flexibility index (Phi) is 6.35. The van der Waals surface area contributed by atoms with Crippen molar-refractivity contribution >= 4 is 0 Å². The minimum atomic E-state index is 0.577. The molecule has 0 bridgehead atoms. The summed E-state index contributed by atoms with van der Waals surface area (Å²) in [5.74, 6) is 1.33. The van der Waals surface area contributed by atoms with E-state index in [0.717, 1.165) is 18.8 Å². The molecule has 1 fully saturated rings. The first-order chi connectivity index (χ1) is 12.5. The van der Waals surface area contributed by atoms with Gasteiger partial charge in [-0.15, -0.1) is 0 Å². The van der Waals surface area contributed by atoms with Gasteiger partial charge in [-0.25, -0.2) is 0 Å². The summed E-state index contributed by atoms with van der Waals surface area (Å²) in [4.78, 5) is 0. The van der Waals surface area contributed by atoms with Gasteiger partial charge in [-0.3, -0.25) is 0 Å². The predicted molar refractivity (Wildman–Crippen MR) is 115 cm³/mol. The third-order valence-electron chi connectivity index (χ3n) is 6.03. The molecule has 1 aliphatic carbocycles. The Labute approximate surface area is 160 Å². The molecule has 3 rings (SSSR count). The number of allylic oxidation sites excluding steroid dienone is 1. The smallest absolute Gasteiger partial charge is 0.0162 e. The van der Waals surface area contributed by atoms with E-state index in [9.17, 15) is 0 Å². The van der Waals surface area contributed by atoms with Crippen molar-refractivity contribution in [1.82, 2.24) is 0 Å². The topological polar surface area (TPSA) is 0 Å². The fourth-order valence-electron chi connectivity index (χ4n) is 4.04. The zero-order valence-corrected chi connectivity index (χ0v) is 16.9. The summed E-state index contributed by atoms with van der Waals surface area (Å²) in [5, 5.41) is 0. The summed E-state index contributed by atoms with van der Waals surface area (Å²) in [5.41, 5.74) is 8.46. The molecule has 1 aliphatic rings. The fourth-order valence-corrected chi connectivity index (χ4v) is 4.04. The van der Waals surface area contributed by atoms with Gasteiger partial charge in [0.1, 0.15) is 0 Å². The van der Waals surface area contributed by atoms with E-state index < -0.39 is 0 Å². The monoisotopic (exact) mass is 346 g/mol. The Bertz CT molecular complexity index is 727. The van der Waals surface area contributed by atoms with Crippen molar-refractivity contribution in [2.24, 2.45) is 5.92 Å². The largest absolute Gasteiger partial charge is 0.0996 e. The van der Waals surface area contributed by atoms with Crippen molar-refractivity contribution in [3.05, 3.63) is 71.3 Å². The summed E-state index contributed by atoms with van der Waals surface area (Å²) < 4.78 is 0. The first kappa shape index (κ1) is 19.0. The third-order valence-corrected chi connectivity index (χ3v) is 6.03. The molecule has 0 aliphatic heterocycles. The van der Waals surface area contributed by atoms with Crippen LogP contribution in [-0.2, 0) is 6.42 Å². The van der Waals surface area contributed by atoms with Gasteiger partial charge < -0.3 is 0 Å². The van der Waals surface area contributed by atoms with E-state index >= 15 is 0 Å². The Morgan fingerprint density at radius 1 is 0.962 bits per heavy atom. The van der Waals surface area contributed by atoms with Crippen LogP contribution in [0, 0.1) is 12.8 Å². The number of hydrogen-bond acceptors (Lipinski definition) is 0. The summed E-state index contributed by atoms with van der Waals surface area (Å²) in [6, 6.07) is 16.3. The molecular weight excluding hydrogens is 312 g/mol. The molecule has 0 saturated heterocycles. The second kappa shape index (κ2) is 8.71. The minimum Gasteiger partial charge on any atom is -0.0996 e. The SMILES string of the molecule is C=C(CCc1cc(-c2ccc(C)cc2)cc(C2CCCCC2)c1)C(C)C. The van der Waals surface area contributed by atoms with Gasteiger partial charge in [-0.2, -0.15) is 0 Å². The van der Waals surface area contributed by atoms with E-state index in [2.05, 4.69) is 69.8 Å². The summed E-state index contributed by atoms with van der Waals surface area (Å²) >= 11 is 0. The van der Waals surface area contributed by atoms with Crippen LogP contribution in [0.15, 0.2) is 54.6 Å². The molecule has 0 radical (unpaired) electrons. The van der Waals surface area contributed by atoms with Gasteiger partial charge in [0.15, 0.2) is 0 Å². The van der Waals surface area contributed by atoms with Crippen LogP contribution >= 0.6 is 0 Å². The molecule has 0 N–H and O–H groups in total. The van der Waals surface area contributed by atoms with E-state index in [1.54, 1.807) is 5.56 Å². The zero-order chi connectivity index (χ0) is 18.5. The highest BCUT2D eigenvalue weighted by Gasteiger charge is 2.17. The maximum atomic E-state index is 4.27. The second-order valence-corrected chi connectivity index (χ2v) is 8.48. The van der Waals surface area contributed by atoms with Gasteiger partial charge in [-0.05, 0) is 66.7 Å². The zero-order valence-electron chi connectivity index (χ0n) is 16.9. The Morgan fingerprint density at radius 2 is 1.65 bits per heavy atom. The molecule has 26 heavy (non-hydrogen) atoms. The van der Waals surface area contributed by atoms with Gasteiger partial charge in [0.2, 0.25) is 0 Å². The minimum absolute atomic E-state index is 0.577. The van der Waals surface area contributed by atoms with E-state index in [1.807, 2.05) is 0 Å². The lowest BCUT2D eigenvalue weighted by atomic mass is 9.82. The van der Waals surface area contributed by atoms with Crippen LogP contribution in [-0.4, -0.2) is 0 Å². The van der Waals surface area contributed by atoms with Gasteiger partial charge >= 0.3 is 0 Å². The van der Waals surface area contributed by atoms with E-state index in [-0.39, 0.29) is 0 Å². The molecule has 0 amide bonds. The van der Waals surface area contributed by atoms with Crippen LogP contribution in [0.4, 0.5) is 0 Å². The average Bonchev–Trinajstić information content (AvgIpc) is 2.67. The molecular formula is C26H34.